The van der Waals surface area contributed by atoms with Crippen LogP contribution in [0.25, 0.3) is 0 Å². The molecule has 0 unspecified atom stereocenters. The van der Waals surface area contributed by atoms with E-state index in [1.54, 1.807) is 11.8 Å². The van der Waals surface area contributed by atoms with E-state index in [9.17, 15) is 0 Å². The van der Waals surface area contributed by atoms with Crippen LogP contribution in [0, 0.1) is 0 Å². The lowest BCUT2D eigenvalue weighted by Gasteiger charge is -1.69. The summed E-state index contributed by atoms with van der Waals surface area (Å²) in [4.78, 5) is 0. The van der Waals surface area contributed by atoms with Crippen LogP contribution in [0.2, 0.25) is 0 Å². The molecule has 0 aliphatic carbocycles. The first kappa shape index (κ1) is 5.35. The summed E-state index contributed by atoms with van der Waals surface area (Å²) in [5.74, 6) is 2.63. The average Bonchev–Trinajstić information content (AvgIpc) is 1.41. The van der Waals surface area contributed by atoms with Crippen LogP contribution < -0.4 is 0 Å². The maximum Gasteiger partial charge on any atom is 0.103 e. The van der Waals surface area contributed by atoms with Crippen molar-refractivity contribution >= 4 is 11.8 Å². The molecule has 0 radical (unpaired) electrons. The fourth-order valence-corrected chi connectivity index (χ4v) is 0.671. The Balaban J connectivity index is 2.19. The van der Waals surface area contributed by atoms with E-state index in [2.05, 4.69) is 13.8 Å². The van der Waals surface area contributed by atoms with Crippen molar-refractivity contribution in [2.75, 3.05) is 11.5 Å². The van der Waals surface area contributed by atoms with Crippen molar-refractivity contribution in [3.63, 3.8) is 0 Å². The predicted octanol–water partition coefficient (Wildman–Crippen LogP) is 0.841. The maximum atomic E-state index is 2.20. The Hall–Kier alpha value is 0.350. The quantitative estimate of drug-likeness (QED) is 0.349. The summed E-state index contributed by atoms with van der Waals surface area (Å²) >= 11 is 1.58. The van der Waals surface area contributed by atoms with Crippen LogP contribution in [-0.2, 0) is 11.8 Å². The second-order valence-corrected chi connectivity index (χ2v) is 2.57. The average molecular weight is 91.2 g/mol. The predicted molar refractivity (Wildman–Crippen MR) is 29.8 cm³/mol. The molecule has 0 aliphatic rings. The summed E-state index contributed by atoms with van der Waals surface area (Å²) < 4.78 is 0. The fraction of sp³-hybridized carbons (Fsp3) is 1.00. The molecular formula is C4H11S+. The van der Waals surface area contributed by atoms with Crippen LogP contribution in [0.4, 0.5) is 0 Å². The van der Waals surface area contributed by atoms with Gasteiger partial charge in [0.05, 0.1) is 0 Å². The van der Waals surface area contributed by atoms with Gasteiger partial charge in [-0.25, -0.2) is 0 Å². The van der Waals surface area contributed by atoms with Crippen LogP contribution >= 0.6 is 0 Å². The van der Waals surface area contributed by atoms with Gasteiger partial charge < -0.3 is 0 Å². The third kappa shape index (κ3) is 4.35. The molecule has 1 heteroatoms. The SMILES string of the molecule is CC[SH+]CC. The Bertz CT molecular complexity index is 11.1. The van der Waals surface area contributed by atoms with Crippen molar-refractivity contribution in [3.05, 3.63) is 0 Å². The largest absolute Gasteiger partial charge is 0.103 e. The van der Waals surface area contributed by atoms with Crippen LogP contribution in [0.1, 0.15) is 13.8 Å². The number of thiol groups is 1. The summed E-state index contributed by atoms with van der Waals surface area (Å²) in [6, 6.07) is 0. The van der Waals surface area contributed by atoms with E-state index in [-0.39, 0.29) is 0 Å². The third-order valence-corrected chi connectivity index (χ3v) is 1.34. The Labute approximate surface area is 38.0 Å². The molecule has 0 fully saturated rings. The van der Waals surface area contributed by atoms with Gasteiger partial charge >= 0.3 is 0 Å². The molecule has 0 nitrogen and oxygen atoms in total. The highest BCUT2D eigenvalue weighted by atomic mass is 32.2. The molecule has 5 heavy (non-hydrogen) atoms. The van der Waals surface area contributed by atoms with Gasteiger partial charge in [-0.3, -0.25) is 0 Å². The molecule has 0 rings (SSSR count). The first-order chi connectivity index (χ1) is 2.41. The summed E-state index contributed by atoms with van der Waals surface area (Å²) in [7, 11) is 0. The molecule has 0 saturated carbocycles. The maximum absolute atomic E-state index is 2.20. The van der Waals surface area contributed by atoms with Gasteiger partial charge in [0.1, 0.15) is 11.5 Å². The lowest BCUT2D eigenvalue weighted by Crippen LogP contribution is -1.82. The molecule has 0 aromatic carbocycles. The molecule has 0 atom stereocenters. The van der Waals surface area contributed by atoms with Gasteiger partial charge in [-0.1, -0.05) is 0 Å². The van der Waals surface area contributed by atoms with Crippen LogP contribution in [0.5, 0.6) is 0 Å². The van der Waals surface area contributed by atoms with Crippen LogP contribution in [-0.4, -0.2) is 11.5 Å². The standard InChI is InChI=1S/C4H10S/c1-3-5-4-2/h3-4H2,1-2H3/p+1. The summed E-state index contributed by atoms with van der Waals surface area (Å²) in [6.07, 6.45) is 0. The Kier molecular flexibility index (Phi) is 4.65. The number of rotatable bonds is 2. The Morgan fingerprint density at radius 2 is 1.60 bits per heavy atom. The molecule has 0 saturated heterocycles. The van der Waals surface area contributed by atoms with Crippen molar-refractivity contribution in [1.29, 1.82) is 0 Å². The van der Waals surface area contributed by atoms with Gasteiger partial charge in [-0.15, -0.1) is 0 Å². The molecule has 0 aliphatic heterocycles. The van der Waals surface area contributed by atoms with Crippen LogP contribution in [0.15, 0.2) is 0 Å². The minimum atomic E-state index is 1.32. The van der Waals surface area contributed by atoms with E-state index in [0.29, 0.717) is 0 Å². The Morgan fingerprint density at radius 3 is 1.60 bits per heavy atom. The fourth-order valence-electron chi connectivity index (χ4n) is 0.224. The number of hydrogen-bond donors (Lipinski definition) is 0. The minimum absolute atomic E-state index is 1.32. The highest BCUT2D eigenvalue weighted by Gasteiger charge is 1.77. The summed E-state index contributed by atoms with van der Waals surface area (Å²) in [5.41, 5.74) is 0. The highest BCUT2D eigenvalue weighted by molar-refractivity contribution is 7.78. The van der Waals surface area contributed by atoms with Crippen molar-refractivity contribution in [2.45, 2.75) is 13.8 Å². The molecule has 0 aromatic rings. The smallest absolute Gasteiger partial charge is 0.0282 e. The van der Waals surface area contributed by atoms with E-state index >= 15 is 0 Å². The lowest BCUT2D eigenvalue weighted by atomic mass is 11.0. The first-order valence-corrected chi connectivity index (χ1v) is 3.31. The van der Waals surface area contributed by atoms with Crippen molar-refractivity contribution in [1.82, 2.24) is 0 Å². The van der Waals surface area contributed by atoms with E-state index < -0.39 is 0 Å². The molecule has 0 heterocycles. The molecule has 0 aromatic heterocycles. The van der Waals surface area contributed by atoms with Gasteiger partial charge in [-0.05, 0) is 25.6 Å². The zero-order chi connectivity index (χ0) is 4.12. The van der Waals surface area contributed by atoms with Gasteiger partial charge in [0.15, 0.2) is 0 Å². The van der Waals surface area contributed by atoms with Crippen molar-refractivity contribution in [3.8, 4) is 0 Å². The van der Waals surface area contributed by atoms with Gasteiger partial charge in [-0.2, -0.15) is 0 Å². The molecule has 0 spiro atoms. The van der Waals surface area contributed by atoms with Crippen LogP contribution in [0.3, 0.4) is 0 Å². The first-order valence-electron chi connectivity index (χ1n) is 2.05. The van der Waals surface area contributed by atoms with Crippen molar-refractivity contribution < 1.29 is 0 Å². The monoisotopic (exact) mass is 91.1 g/mol. The Morgan fingerprint density at radius 1 is 1.20 bits per heavy atom. The minimum Gasteiger partial charge on any atom is -0.0282 e. The zero-order valence-corrected chi connectivity index (χ0v) is 4.76. The molecule has 0 amide bonds. The van der Waals surface area contributed by atoms with Gasteiger partial charge in [0, 0.05) is 0 Å². The normalized spacial score (nSPS) is 8.40. The van der Waals surface area contributed by atoms with E-state index in [1.807, 2.05) is 0 Å². The lowest BCUT2D eigenvalue weighted by molar-refractivity contribution is 1.46. The van der Waals surface area contributed by atoms with E-state index in [4.69, 9.17) is 0 Å². The van der Waals surface area contributed by atoms with Crippen molar-refractivity contribution in [2.24, 2.45) is 0 Å². The second-order valence-electron chi connectivity index (χ2n) is 0.856. The third-order valence-electron chi connectivity index (χ3n) is 0.447. The molecule has 32 valence electrons. The topological polar surface area (TPSA) is 0 Å². The molecular weight excluding hydrogens is 80.1 g/mol. The summed E-state index contributed by atoms with van der Waals surface area (Å²) in [5, 5.41) is 0. The van der Waals surface area contributed by atoms with E-state index in [1.165, 1.54) is 11.5 Å². The number of hydrogen-bond acceptors (Lipinski definition) is 0. The van der Waals surface area contributed by atoms with E-state index in [0.717, 1.165) is 0 Å². The second kappa shape index (κ2) is 4.35. The van der Waals surface area contributed by atoms with Gasteiger partial charge in [0.25, 0.3) is 0 Å². The van der Waals surface area contributed by atoms with Gasteiger partial charge in [0.2, 0.25) is 0 Å². The highest BCUT2D eigenvalue weighted by Crippen LogP contribution is 1.66. The molecule has 0 N–H and O–H groups in total. The zero-order valence-electron chi connectivity index (χ0n) is 3.86. The summed E-state index contributed by atoms with van der Waals surface area (Å²) in [6.45, 7) is 4.40. The molecule has 0 bridgehead atoms.